The molecule has 0 atom stereocenters. The van der Waals surface area contributed by atoms with E-state index in [0.717, 1.165) is 63.5 Å². The van der Waals surface area contributed by atoms with Gasteiger partial charge in [0.15, 0.2) is 0 Å². The number of hydrogen-bond donors (Lipinski definition) is 2. The number of anilines is 2. The van der Waals surface area contributed by atoms with Crippen molar-refractivity contribution in [3.8, 4) is 0 Å². The van der Waals surface area contributed by atoms with Gasteiger partial charge in [-0.15, -0.1) is 0 Å². The maximum Gasteiger partial charge on any atom is 0.322 e. The lowest BCUT2D eigenvalue weighted by atomic mass is 9.69. The Kier molecular flexibility index (Phi) is 5.51. The molecule has 1 aromatic carbocycles. The molecule has 5 rings (SSSR count). The zero-order valence-electron chi connectivity index (χ0n) is 19.0. The quantitative estimate of drug-likeness (QED) is 0.767. The van der Waals surface area contributed by atoms with E-state index in [-0.39, 0.29) is 17.1 Å². The third-order valence-corrected chi connectivity index (χ3v) is 7.67. The first-order chi connectivity index (χ1) is 15.5. The number of rotatable bonds is 4. The Hall–Kier alpha value is -2.71. The van der Waals surface area contributed by atoms with Crippen molar-refractivity contribution in [2.45, 2.75) is 36.8 Å². The summed E-state index contributed by atoms with van der Waals surface area (Å²) in [5.74, 6) is 0.746. The van der Waals surface area contributed by atoms with Crippen LogP contribution in [0, 0.1) is 0 Å². The van der Waals surface area contributed by atoms with Gasteiger partial charge in [0.2, 0.25) is 5.95 Å². The summed E-state index contributed by atoms with van der Waals surface area (Å²) >= 11 is 0. The van der Waals surface area contributed by atoms with Crippen LogP contribution in [-0.4, -0.2) is 73.3 Å². The van der Waals surface area contributed by atoms with Crippen molar-refractivity contribution < 1.29 is 4.79 Å². The molecule has 0 unspecified atom stereocenters. The van der Waals surface area contributed by atoms with Crippen molar-refractivity contribution >= 4 is 17.7 Å². The third-order valence-electron chi connectivity index (χ3n) is 7.67. The molecular formula is C24H33N7O. The predicted molar refractivity (Wildman–Crippen MR) is 126 cm³/mol. The molecule has 1 spiro atoms. The normalized spacial score (nSPS) is 28.9. The summed E-state index contributed by atoms with van der Waals surface area (Å²) in [5, 5.41) is 6.88. The van der Waals surface area contributed by atoms with Gasteiger partial charge in [-0.2, -0.15) is 0 Å². The second-order valence-corrected chi connectivity index (χ2v) is 9.53. The average molecular weight is 436 g/mol. The number of likely N-dealkylation sites (N-methyl/N-ethyl adjacent to an activating group) is 1. The molecule has 0 radical (unpaired) electrons. The molecular weight excluding hydrogens is 402 g/mol. The summed E-state index contributed by atoms with van der Waals surface area (Å²) in [7, 11) is 4.18. The topological polar surface area (TPSA) is 76.6 Å². The van der Waals surface area contributed by atoms with Gasteiger partial charge in [0.05, 0.1) is 30.2 Å². The average Bonchev–Trinajstić information content (AvgIpc) is 3.17. The zero-order valence-corrected chi connectivity index (χ0v) is 19.0. The van der Waals surface area contributed by atoms with Crippen LogP contribution >= 0.6 is 0 Å². The number of carbonyl (C=O) groups is 1. The molecule has 2 amide bonds. The Morgan fingerprint density at radius 2 is 1.62 bits per heavy atom. The number of urea groups is 1. The number of nitrogens with one attached hydrogen (secondary N) is 2. The molecule has 32 heavy (non-hydrogen) atoms. The first-order valence-electron chi connectivity index (χ1n) is 11.6. The summed E-state index contributed by atoms with van der Waals surface area (Å²) in [6.45, 7) is 4.55. The maximum atomic E-state index is 12.9. The summed E-state index contributed by atoms with van der Waals surface area (Å²) in [6.07, 6.45) is 7.44. The molecule has 2 saturated heterocycles. The Balaban J connectivity index is 1.27. The molecule has 1 aromatic heterocycles. The minimum Gasteiger partial charge on any atom is -0.338 e. The molecule has 1 aliphatic carbocycles. The van der Waals surface area contributed by atoms with E-state index >= 15 is 0 Å². The molecule has 2 aromatic rings. The summed E-state index contributed by atoms with van der Waals surface area (Å²) in [4.78, 5) is 28.4. The number of benzene rings is 1. The lowest BCUT2D eigenvalue weighted by Crippen LogP contribution is -2.53. The van der Waals surface area contributed by atoms with Crippen molar-refractivity contribution in [2.75, 3.05) is 56.6 Å². The van der Waals surface area contributed by atoms with Crippen LogP contribution in [0.1, 0.15) is 31.2 Å². The van der Waals surface area contributed by atoms with Crippen LogP contribution in [0.2, 0.25) is 0 Å². The van der Waals surface area contributed by atoms with Gasteiger partial charge in [0.25, 0.3) is 0 Å². The van der Waals surface area contributed by atoms with Crippen LogP contribution in [-0.2, 0) is 5.54 Å². The van der Waals surface area contributed by atoms with Crippen molar-refractivity contribution in [3.05, 3.63) is 48.3 Å². The number of carbonyl (C=O) groups excluding carboxylic acids is 1. The van der Waals surface area contributed by atoms with E-state index < -0.39 is 0 Å². The molecule has 1 saturated carbocycles. The fraction of sp³-hybridized carbons (Fsp3) is 0.542. The van der Waals surface area contributed by atoms with Crippen LogP contribution < -0.4 is 20.4 Å². The van der Waals surface area contributed by atoms with Crippen LogP contribution in [0.15, 0.2) is 42.7 Å². The van der Waals surface area contributed by atoms with E-state index in [1.165, 1.54) is 5.56 Å². The Labute approximate surface area is 190 Å². The Bertz CT molecular complexity index is 933. The molecule has 8 heteroatoms. The first kappa shape index (κ1) is 21.2. The summed E-state index contributed by atoms with van der Waals surface area (Å²) in [6, 6.07) is 10.6. The molecule has 2 aliphatic heterocycles. The van der Waals surface area contributed by atoms with E-state index in [4.69, 9.17) is 0 Å². The molecule has 3 aliphatic rings. The SMILES string of the molecule is CNC1(c2ccccc2)CCC2(CC1)CN(c1cnc(N3CCN(C)CC3)nc1)C(=O)N2. The van der Waals surface area contributed by atoms with Crippen molar-refractivity contribution in [3.63, 3.8) is 0 Å². The van der Waals surface area contributed by atoms with E-state index in [1.54, 1.807) is 12.4 Å². The maximum absolute atomic E-state index is 12.9. The number of amides is 2. The van der Waals surface area contributed by atoms with Gasteiger partial charge in [0.1, 0.15) is 0 Å². The monoisotopic (exact) mass is 435 g/mol. The van der Waals surface area contributed by atoms with Crippen LogP contribution in [0.4, 0.5) is 16.4 Å². The lowest BCUT2D eigenvalue weighted by Gasteiger charge is -2.45. The van der Waals surface area contributed by atoms with Gasteiger partial charge in [-0.1, -0.05) is 30.3 Å². The van der Waals surface area contributed by atoms with E-state index in [2.05, 4.69) is 67.8 Å². The molecule has 0 bridgehead atoms. The van der Waals surface area contributed by atoms with Gasteiger partial charge in [-0.05, 0) is 45.3 Å². The highest BCUT2D eigenvalue weighted by Crippen LogP contribution is 2.43. The second kappa shape index (κ2) is 8.33. The van der Waals surface area contributed by atoms with Gasteiger partial charge >= 0.3 is 6.03 Å². The zero-order chi connectivity index (χ0) is 22.2. The largest absolute Gasteiger partial charge is 0.338 e. The standard InChI is InChI=1S/C24H33N7O/c1-25-24(19-6-4-3-5-7-19)10-8-23(9-11-24)18-31(22(32)28-23)20-16-26-21(27-17-20)30-14-12-29(2)13-15-30/h3-7,16-17,25H,8-15,18H2,1-2H3,(H,28,32). The van der Waals surface area contributed by atoms with Gasteiger partial charge in [-0.3, -0.25) is 4.90 Å². The van der Waals surface area contributed by atoms with E-state index in [1.807, 2.05) is 11.9 Å². The fourth-order valence-electron chi connectivity index (χ4n) is 5.42. The highest BCUT2D eigenvalue weighted by molar-refractivity contribution is 5.95. The Morgan fingerprint density at radius 3 is 2.25 bits per heavy atom. The van der Waals surface area contributed by atoms with Crippen molar-refractivity contribution in [2.24, 2.45) is 0 Å². The number of piperazine rings is 1. The van der Waals surface area contributed by atoms with Crippen LogP contribution in [0.25, 0.3) is 0 Å². The number of nitrogens with zero attached hydrogens (tertiary/aromatic N) is 5. The summed E-state index contributed by atoms with van der Waals surface area (Å²) in [5.41, 5.74) is 1.87. The minimum atomic E-state index is -0.192. The molecule has 3 fully saturated rings. The minimum absolute atomic E-state index is 0.0298. The van der Waals surface area contributed by atoms with Crippen molar-refractivity contribution in [1.29, 1.82) is 0 Å². The molecule has 170 valence electrons. The number of aromatic nitrogens is 2. The highest BCUT2D eigenvalue weighted by atomic mass is 16.2. The molecule has 3 heterocycles. The molecule has 2 N–H and O–H groups in total. The fourth-order valence-corrected chi connectivity index (χ4v) is 5.42. The van der Waals surface area contributed by atoms with Gasteiger partial charge in [-0.25, -0.2) is 14.8 Å². The van der Waals surface area contributed by atoms with Gasteiger partial charge in [0, 0.05) is 31.7 Å². The number of hydrogen-bond acceptors (Lipinski definition) is 6. The van der Waals surface area contributed by atoms with Crippen LogP contribution in [0.5, 0.6) is 0 Å². The van der Waals surface area contributed by atoms with E-state index in [9.17, 15) is 4.79 Å². The Morgan fingerprint density at radius 1 is 0.969 bits per heavy atom. The van der Waals surface area contributed by atoms with Crippen LogP contribution in [0.3, 0.4) is 0 Å². The summed E-state index contributed by atoms with van der Waals surface area (Å²) < 4.78 is 0. The third kappa shape index (κ3) is 3.82. The lowest BCUT2D eigenvalue weighted by molar-refractivity contribution is 0.167. The molecule has 8 nitrogen and oxygen atoms in total. The predicted octanol–water partition coefficient (Wildman–Crippen LogP) is 2.19. The van der Waals surface area contributed by atoms with Crippen molar-refractivity contribution in [1.82, 2.24) is 25.5 Å². The second-order valence-electron chi connectivity index (χ2n) is 9.53. The van der Waals surface area contributed by atoms with Gasteiger partial charge < -0.3 is 20.4 Å². The highest BCUT2D eigenvalue weighted by Gasteiger charge is 2.49. The van der Waals surface area contributed by atoms with E-state index in [0.29, 0.717) is 6.54 Å². The first-order valence-corrected chi connectivity index (χ1v) is 11.6. The smallest absolute Gasteiger partial charge is 0.322 e.